The van der Waals surface area contributed by atoms with Crippen LogP contribution in [0.15, 0.2) is 24.3 Å². The number of hydrogen-bond acceptors (Lipinski definition) is 3. The molecule has 0 amide bonds. The smallest absolute Gasteiger partial charge is 0.0703 e. The Morgan fingerprint density at radius 2 is 2.05 bits per heavy atom. The molecule has 0 bridgehead atoms. The van der Waals surface area contributed by atoms with Gasteiger partial charge >= 0.3 is 0 Å². The molecule has 0 aromatic heterocycles. The van der Waals surface area contributed by atoms with Gasteiger partial charge in [0.15, 0.2) is 0 Å². The highest BCUT2D eigenvalue weighted by atomic mass is 16.5. The number of fused-ring (bicyclic) bond motifs is 1. The normalized spacial score (nSPS) is 32.4. The van der Waals surface area contributed by atoms with Gasteiger partial charge in [0, 0.05) is 24.7 Å². The van der Waals surface area contributed by atoms with E-state index in [9.17, 15) is 0 Å². The zero-order chi connectivity index (χ0) is 14.8. The molecule has 1 heterocycles. The van der Waals surface area contributed by atoms with Crippen LogP contribution in [-0.2, 0) is 11.2 Å². The molecule has 1 N–H and O–H groups in total. The third kappa shape index (κ3) is 2.87. The fourth-order valence-corrected chi connectivity index (χ4v) is 4.15. The summed E-state index contributed by atoms with van der Waals surface area (Å²) >= 11 is 0. The topological polar surface area (TPSA) is 24.5 Å². The van der Waals surface area contributed by atoms with Gasteiger partial charge in [-0.3, -0.25) is 4.90 Å². The minimum Gasteiger partial charge on any atom is -0.377 e. The van der Waals surface area contributed by atoms with Gasteiger partial charge in [0.05, 0.1) is 6.10 Å². The van der Waals surface area contributed by atoms with E-state index in [2.05, 4.69) is 55.4 Å². The van der Waals surface area contributed by atoms with Gasteiger partial charge in [0.2, 0.25) is 0 Å². The Morgan fingerprint density at radius 1 is 1.24 bits per heavy atom. The second-order valence-electron chi connectivity index (χ2n) is 6.44. The average Bonchev–Trinajstić information content (AvgIpc) is 2.93. The first-order chi connectivity index (χ1) is 10.2. The molecule has 3 rings (SSSR count). The van der Waals surface area contributed by atoms with Crippen molar-refractivity contribution in [2.45, 2.75) is 57.3 Å². The molecular weight excluding hydrogens is 260 g/mol. The van der Waals surface area contributed by atoms with Gasteiger partial charge in [-0.25, -0.2) is 0 Å². The first kappa shape index (κ1) is 15.0. The summed E-state index contributed by atoms with van der Waals surface area (Å²) in [6.45, 7) is 6.34. The van der Waals surface area contributed by atoms with Crippen LogP contribution in [0, 0.1) is 0 Å². The molecule has 1 aromatic carbocycles. The maximum Gasteiger partial charge on any atom is 0.0703 e. The van der Waals surface area contributed by atoms with Crippen LogP contribution in [0.5, 0.6) is 0 Å². The fourth-order valence-electron chi connectivity index (χ4n) is 4.15. The molecule has 0 saturated carbocycles. The van der Waals surface area contributed by atoms with Crippen molar-refractivity contribution in [3.8, 4) is 0 Å². The van der Waals surface area contributed by atoms with Crippen LogP contribution in [-0.4, -0.2) is 43.3 Å². The van der Waals surface area contributed by atoms with E-state index in [1.54, 1.807) is 0 Å². The highest BCUT2D eigenvalue weighted by Gasteiger charge is 2.37. The first-order valence-corrected chi connectivity index (χ1v) is 8.37. The predicted molar refractivity (Wildman–Crippen MR) is 86.6 cm³/mol. The van der Waals surface area contributed by atoms with E-state index in [1.807, 2.05) is 0 Å². The Bertz CT molecular complexity index is 476. The van der Waals surface area contributed by atoms with E-state index in [1.165, 1.54) is 24.0 Å². The van der Waals surface area contributed by atoms with Crippen LogP contribution >= 0.6 is 0 Å². The summed E-state index contributed by atoms with van der Waals surface area (Å²) in [4.78, 5) is 2.58. The Kier molecular flexibility index (Phi) is 4.63. The summed E-state index contributed by atoms with van der Waals surface area (Å²) in [6.07, 6.45) is 3.94. The van der Waals surface area contributed by atoms with Crippen molar-refractivity contribution < 1.29 is 4.74 Å². The lowest BCUT2D eigenvalue weighted by Gasteiger charge is -2.42. The molecule has 1 aromatic rings. The Morgan fingerprint density at radius 3 is 2.76 bits per heavy atom. The van der Waals surface area contributed by atoms with E-state index in [-0.39, 0.29) is 0 Å². The minimum absolute atomic E-state index is 0.356. The van der Waals surface area contributed by atoms with Crippen molar-refractivity contribution >= 4 is 0 Å². The van der Waals surface area contributed by atoms with Crippen molar-refractivity contribution in [1.29, 1.82) is 0 Å². The number of benzene rings is 1. The molecule has 116 valence electrons. The molecule has 3 heteroatoms. The van der Waals surface area contributed by atoms with Crippen molar-refractivity contribution in [2.75, 3.05) is 20.2 Å². The third-order valence-electron chi connectivity index (χ3n) is 5.29. The molecule has 1 saturated heterocycles. The largest absolute Gasteiger partial charge is 0.377 e. The van der Waals surface area contributed by atoms with E-state index in [0.29, 0.717) is 24.2 Å². The van der Waals surface area contributed by atoms with Gasteiger partial charge in [-0.15, -0.1) is 0 Å². The number of likely N-dealkylation sites (N-methyl/N-ethyl adjacent to an activating group) is 2. The Labute approximate surface area is 128 Å². The molecule has 1 aliphatic carbocycles. The van der Waals surface area contributed by atoms with Crippen molar-refractivity contribution in [2.24, 2.45) is 0 Å². The fraction of sp³-hybridized carbons (Fsp3) is 0.667. The first-order valence-electron chi connectivity index (χ1n) is 8.37. The van der Waals surface area contributed by atoms with Crippen LogP contribution in [0.1, 0.15) is 43.9 Å². The third-order valence-corrected chi connectivity index (χ3v) is 5.29. The molecule has 2 aliphatic rings. The van der Waals surface area contributed by atoms with Gasteiger partial charge in [-0.05, 0) is 50.9 Å². The zero-order valence-electron chi connectivity index (χ0n) is 13.5. The lowest BCUT2D eigenvalue weighted by molar-refractivity contribution is 0.0534. The summed E-state index contributed by atoms with van der Waals surface area (Å²) in [6, 6.07) is 10.5. The van der Waals surface area contributed by atoms with Crippen molar-refractivity contribution in [1.82, 2.24) is 10.2 Å². The van der Waals surface area contributed by atoms with Crippen LogP contribution < -0.4 is 5.32 Å². The summed E-state index contributed by atoms with van der Waals surface area (Å²) in [5.41, 5.74) is 3.01. The molecule has 4 atom stereocenters. The second kappa shape index (κ2) is 6.47. The van der Waals surface area contributed by atoms with Gasteiger partial charge in [0.25, 0.3) is 0 Å². The molecule has 3 nitrogen and oxygen atoms in total. The van der Waals surface area contributed by atoms with Gasteiger partial charge in [-0.2, -0.15) is 0 Å². The number of aryl methyl sites for hydroxylation is 1. The zero-order valence-corrected chi connectivity index (χ0v) is 13.5. The number of ether oxygens (including phenoxy) is 1. The molecule has 1 fully saturated rings. The molecule has 0 spiro atoms. The maximum absolute atomic E-state index is 5.78. The molecule has 1 aliphatic heterocycles. The van der Waals surface area contributed by atoms with Crippen molar-refractivity contribution in [3.63, 3.8) is 0 Å². The Hall–Kier alpha value is -0.900. The lowest BCUT2D eigenvalue weighted by atomic mass is 9.82. The van der Waals surface area contributed by atoms with Crippen LogP contribution in [0.25, 0.3) is 0 Å². The Balaban J connectivity index is 1.84. The quantitative estimate of drug-likeness (QED) is 0.922. The van der Waals surface area contributed by atoms with Gasteiger partial charge in [-0.1, -0.05) is 31.2 Å². The predicted octanol–water partition coefficient (Wildman–Crippen LogP) is 2.76. The average molecular weight is 288 g/mol. The highest BCUT2D eigenvalue weighted by molar-refractivity contribution is 5.34. The van der Waals surface area contributed by atoms with Crippen LogP contribution in [0.2, 0.25) is 0 Å². The standard InChI is InChI=1S/C18H28N2O/c1-4-19-18-15-8-6-5-7-14(15)9-10-17(18)20(3)16-11-12-21-13(16)2/h5-8,13,16-19H,4,9-12H2,1-3H3. The van der Waals surface area contributed by atoms with Crippen LogP contribution in [0.3, 0.4) is 0 Å². The molecule has 0 radical (unpaired) electrons. The lowest BCUT2D eigenvalue weighted by Crippen LogP contribution is -2.51. The van der Waals surface area contributed by atoms with Crippen molar-refractivity contribution in [3.05, 3.63) is 35.4 Å². The SMILES string of the molecule is CCNC1c2ccccc2CCC1N(C)C1CCOC1C. The van der Waals surface area contributed by atoms with Gasteiger partial charge < -0.3 is 10.1 Å². The maximum atomic E-state index is 5.78. The van der Waals surface area contributed by atoms with Crippen LogP contribution in [0.4, 0.5) is 0 Å². The summed E-state index contributed by atoms with van der Waals surface area (Å²) in [5, 5.41) is 3.73. The number of hydrogen-bond donors (Lipinski definition) is 1. The summed E-state index contributed by atoms with van der Waals surface area (Å²) < 4.78 is 5.78. The van der Waals surface area contributed by atoms with Gasteiger partial charge in [0.1, 0.15) is 0 Å². The molecular formula is C18H28N2O. The van der Waals surface area contributed by atoms with E-state index in [0.717, 1.165) is 19.6 Å². The number of nitrogens with zero attached hydrogens (tertiary/aromatic N) is 1. The second-order valence-corrected chi connectivity index (χ2v) is 6.44. The summed E-state index contributed by atoms with van der Waals surface area (Å²) in [7, 11) is 2.29. The van der Waals surface area contributed by atoms with E-state index >= 15 is 0 Å². The minimum atomic E-state index is 0.356. The number of nitrogens with one attached hydrogen (secondary N) is 1. The monoisotopic (exact) mass is 288 g/mol. The highest BCUT2D eigenvalue weighted by Crippen LogP contribution is 2.35. The van der Waals surface area contributed by atoms with E-state index in [4.69, 9.17) is 4.74 Å². The molecule has 4 unspecified atom stereocenters. The summed E-state index contributed by atoms with van der Waals surface area (Å²) in [5.74, 6) is 0. The van der Waals surface area contributed by atoms with E-state index < -0.39 is 0 Å². The number of rotatable bonds is 4. The molecule has 21 heavy (non-hydrogen) atoms.